The lowest BCUT2D eigenvalue weighted by Crippen LogP contribution is -2.10. The van der Waals surface area contributed by atoms with Crippen molar-refractivity contribution in [3.63, 3.8) is 0 Å². The van der Waals surface area contributed by atoms with Crippen molar-refractivity contribution >= 4 is 12.1 Å². The Bertz CT molecular complexity index is 783. The first-order valence-corrected chi connectivity index (χ1v) is 10.9. The number of hydrogen-bond donors (Lipinski definition) is 0. The largest absolute Gasteiger partial charge is 0.513 e. The zero-order valence-electron chi connectivity index (χ0n) is 18.4. The van der Waals surface area contributed by atoms with E-state index in [0.29, 0.717) is 17.9 Å². The number of esters is 1. The highest BCUT2D eigenvalue weighted by atomic mass is 16.7. The molecule has 0 aromatic heterocycles. The van der Waals surface area contributed by atoms with Crippen molar-refractivity contribution in [3.05, 3.63) is 54.1 Å². The van der Waals surface area contributed by atoms with Gasteiger partial charge in [0.1, 0.15) is 17.2 Å². The van der Waals surface area contributed by atoms with Gasteiger partial charge in [-0.15, -0.1) is 0 Å². The van der Waals surface area contributed by atoms with Crippen LogP contribution in [0.25, 0.3) is 0 Å². The van der Waals surface area contributed by atoms with Gasteiger partial charge >= 0.3 is 12.1 Å². The van der Waals surface area contributed by atoms with E-state index in [2.05, 4.69) is 11.7 Å². The maximum Gasteiger partial charge on any atom is 0.513 e. The van der Waals surface area contributed by atoms with Gasteiger partial charge in [-0.25, -0.2) is 9.59 Å². The third-order valence-corrected chi connectivity index (χ3v) is 4.76. The molecule has 2 aromatic rings. The first-order valence-electron chi connectivity index (χ1n) is 10.9. The number of carbonyl (C=O) groups excluding carboxylic acids is 2. The van der Waals surface area contributed by atoms with Crippen LogP contribution in [0, 0.1) is 0 Å². The Morgan fingerprint density at radius 3 is 1.81 bits per heavy atom. The highest BCUT2D eigenvalue weighted by Crippen LogP contribution is 2.20. The number of rotatable bonds is 13. The number of carbonyl (C=O) groups is 2. The highest BCUT2D eigenvalue weighted by Gasteiger charge is 2.10. The van der Waals surface area contributed by atoms with Crippen LogP contribution in [-0.4, -0.2) is 25.8 Å². The van der Waals surface area contributed by atoms with Crippen molar-refractivity contribution in [2.24, 2.45) is 0 Å². The molecular weight excluding hydrogens is 396 g/mol. The Balaban J connectivity index is 1.68. The van der Waals surface area contributed by atoms with E-state index in [1.54, 1.807) is 24.3 Å². The summed E-state index contributed by atoms with van der Waals surface area (Å²) in [6, 6.07) is 13.0. The Kier molecular flexibility index (Phi) is 11.0. The van der Waals surface area contributed by atoms with Gasteiger partial charge in [-0.3, -0.25) is 0 Å². The molecule has 0 saturated carbocycles. The molecule has 6 heteroatoms. The third kappa shape index (κ3) is 9.55. The van der Waals surface area contributed by atoms with Gasteiger partial charge in [0.05, 0.1) is 19.3 Å². The van der Waals surface area contributed by atoms with E-state index >= 15 is 0 Å². The fraction of sp³-hybridized carbons (Fsp3) is 0.440. The smallest absolute Gasteiger partial charge is 0.494 e. The van der Waals surface area contributed by atoms with Crippen LogP contribution in [0.4, 0.5) is 4.79 Å². The SMILES string of the molecule is CCCCCCCCCCOc1ccc(OC(=O)c2ccc(OC(=O)OC)cc2)cc1. The molecule has 0 atom stereocenters. The van der Waals surface area contributed by atoms with E-state index in [4.69, 9.17) is 14.2 Å². The van der Waals surface area contributed by atoms with Crippen molar-refractivity contribution in [2.75, 3.05) is 13.7 Å². The van der Waals surface area contributed by atoms with E-state index < -0.39 is 12.1 Å². The average molecular weight is 429 g/mol. The lowest BCUT2D eigenvalue weighted by Gasteiger charge is -2.08. The third-order valence-electron chi connectivity index (χ3n) is 4.76. The molecule has 0 heterocycles. The summed E-state index contributed by atoms with van der Waals surface area (Å²) in [5.41, 5.74) is 0.340. The minimum atomic E-state index is -0.819. The van der Waals surface area contributed by atoms with Crippen LogP contribution in [0.1, 0.15) is 68.6 Å². The topological polar surface area (TPSA) is 71.1 Å². The molecule has 0 aliphatic rings. The van der Waals surface area contributed by atoms with Gasteiger partial charge < -0.3 is 18.9 Å². The zero-order chi connectivity index (χ0) is 22.3. The second kappa shape index (κ2) is 14.1. The molecule has 6 nitrogen and oxygen atoms in total. The van der Waals surface area contributed by atoms with Crippen molar-refractivity contribution < 1.29 is 28.5 Å². The molecular formula is C25H32O6. The molecule has 0 saturated heterocycles. The summed E-state index contributed by atoms with van der Waals surface area (Å²) in [6.07, 6.45) is 9.28. The molecule has 0 amide bonds. The van der Waals surface area contributed by atoms with Crippen molar-refractivity contribution in [1.82, 2.24) is 0 Å². The second-order valence-electron chi connectivity index (χ2n) is 7.26. The van der Waals surface area contributed by atoms with Crippen LogP contribution in [-0.2, 0) is 4.74 Å². The number of unbranched alkanes of at least 4 members (excludes halogenated alkanes) is 7. The lowest BCUT2D eigenvalue weighted by atomic mass is 10.1. The van der Waals surface area contributed by atoms with E-state index in [9.17, 15) is 9.59 Å². The van der Waals surface area contributed by atoms with Crippen LogP contribution in [0.15, 0.2) is 48.5 Å². The second-order valence-corrected chi connectivity index (χ2v) is 7.26. The van der Waals surface area contributed by atoms with Crippen LogP contribution >= 0.6 is 0 Å². The highest BCUT2D eigenvalue weighted by molar-refractivity contribution is 5.91. The van der Waals surface area contributed by atoms with Crippen LogP contribution in [0.5, 0.6) is 17.2 Å². The van der Waals surface area contributed by atoms with E-state index in [1.165, 1.54) is 76.3 Å². The first-order chi connectivity index (χ1) is 15.1. The average Bonchev–Trinajstić information content (AvgIpc) is 2.79. The molecule has 0 radical (unpaired) electrons. The molecule has 168 valence electrons. The molecule has 0 bridgehead atoms. The standard InChI is InChI=1S/C25H32O6/c1-3-4-5-6-7-8-9-10-19-29-21-15-17-22(18-16-21)30-24(26)20-11-13-23(14-12-20)31-25(27)28-2/h11-18H,3-10,19H2,1-2H3. The van der Waals surface area contributed by atoms with E-state index in [-0.39, 0.29) is 5.75 Å². The van der Waals surface area contributed by atoms with Crippen molar-refractivity contribution in [3.8, 4) is 17.2 Å². The number of benzene rings is 2. The zero-order valence-corrected chi connectivity index (χ0v) is 18.4. The van der Waals surface area contributed by atoms with Crippen LogP contribution < -0.4 is 14.2 Å². The Labute approximate surface area is 184 Å². The molecule has 2 rings (SSSR count). The summed E-state index contributed by atoms with van der Waals surface area (Å²) >= 11 is 0. The summed E-state index contributed by atoms with van der Waals surface area (Å²) in [4.78, 5) is 23.3. The predicted octanol–water partition coefficient (Wildman–Crippen LogP) is 6.57. The minimum Gasteiger partial charge on any atom is -0.494 e. The van der Waals surface area contributed by atoms with Gasteiger partial charge in [0.15, 0.2) is 0 Å². The maximum absolute atomic E-state index is 12.3. The monoisotopic (exact) mass is 428 g/mol. The van der Waals surface area contributed by atoms with Gasteiger partial charge in [0.25, 0.3) is 0 Å². The van der Waals surface area contributed by atoms with Gasteiger partial charge in [0.2, 0.25) is 0 Å². The van der Waals surface area contributed by atoms with E-state index in [1.807, 2.05) is 0 Å². The molecule has 0 fully saturated rings. The van der Waals surface area contributed by atoms with Crippen LogP contribution in [0.3, 0.4) is 0 Å². The van der Waals surface area contributed by atoms with Gasteiger partial charge in [-0.1, -0.05) is 51.9 Å². The van der Waals surface area contributed by atoms with Crippen molar-refractivity contribution in [2.45, 2.75) is 58.3 Å². The summed E-state index contributed by atoms with van der Waals surface area (Å²) in [7, 11) is 1.22. The Morgan fingerprint density at radius 1 is 0.677 bits per heavy atom. The first kappa shape index (κ1) is 24.3. The van der Waals surface area contributed by atoms with Gasteiger partial charge in [-0.2, -0.15) is 0 Å². The molecule has 0 aliphatic carbocycles. The summed E-state index contributed by atoms with van der Waals surface area (Å²) in [5.74, 6) is 0.963. The quantitative estimate of drug-likeness (QED) is 0.155. The molecule has 2 aromatic carbocycles. The number of methoxy groups -OCH3 is 1. The number of ether oxygens (including phenoxy) is 4. The fourth-order valence-electron chi connectivity index (χ4n) is 2.99. The predicted molar refractivity (Wildman–Crippen MR) is 119 cm³/mol. The fourth-order valence-corrected chi connectivity index (χ4v) is 2.99. The normalized spacial score (nSPS) is 10.4. The Morgan fingerprint density at radius 2 is 1.19 bits per heavy atom. The lowest BCUT2D eigenvalue weighted by molar-refractivity contribution is 0.0734. The molecule has 31 heavy (non-hydrogen) atoms. The van der Waals surface area contributed by atoms with Crippen molar-refractivity contribution in [1.29, 1.82) is 0 Å². The molecule has 0 spiro atoms. The summed E-state index contributed by atoms with van der Waals surface area (Å²) in [6.45, 7) is 2.92. The van der Waals surface area contributed by atoms with Gasteiger partial charge in [-0.05, 0) is 55.0 Å². The molecule has 0 N–H and O–H groups in total. The minimum absolute atomic E-state index is 0.279. The maximum atomic E-state index is 12.3. The summed E-state index contributed by atoms with van der Waals surface area (Å²) in [5, 5.41) is 0. The van der Waals surface area contributed by atoms with Gasteiger partial charge in [0, 0.05) is 0 Å². The molecule has 0 unspecified atom stereocenters. The van der Waals surface area contributed by atoms with Crippen LogP contribution in [0.2, 0.25) is 0 Å². The molecule has 0 aliphatic heterocycles. The summed E-state index contributed by atoms with van der Waals surface area (Å²) < 4.78 is 20.4. The Hall–Kier alpha value is -3.02. The van der Waals surface area contributed by atoms with E-state index in [0.717, 1.165) is 12.2 Å². The number of hydrogen-bond acceptors (Lipinski definition) is 6.